The zero-order valence-electron chi connectivity index (χ0n) is 46.8. The minimum atomic E-state index is -2.56. The smallest absolute Gasteiger partial charge is 0.415 e. The summed E-state index contributed by atoms with van der Waals surface area (Å²) in [6.45, 7) is 17.4. The van der Waals surface area contributed by atoms with E-state index >= 15 is 0 Å². The number of primary amides is 2. The lowest BCUT2D eigenvalue weighted by Crippen LogP contribution is -2.51. The molecule has 2 aromatic heterocycles. The normalized spacial score (nSPS) is 15.6. The van der Waals surface area contributed by atoms with Crippen LogP contribution in [0, 0.1) is 11.6 Å². The topological polar surface area (TPSA) is 248 Å². The Balaban J connectivity index is 0.000000220. The van der Waals surface area contributed by atoms with E-state index in [1.807, 2.05) is 15.9 Å². The summed E-state index contributed by atoms with van der Waals surface area (Å²) in [7, 11) is -2.56. The average molecular weight is 1160 g/mol. The Morgan fingerprint density at radius 2 is 0.964 bits per heavy atom. The summed E-state index contributed by atoms with van der Waals surface area (Å²) < 4.78 is 46.3. The summed E-state index contributed by atoms with van der Waals surface area (Å²) in [6.07, 6.45) is 1.99. The van der Waals surface area contributed by atoms with E-state index < -0.39 is 38.2 Å². The minimum Gasteiger partial charge on any atom is -0.541 e. The standard InChI is InChI=1S/C34H44FN5O5Si.C25H24FN5O5.CH4/c1-21(2)46(22(3)4,23(5)6)45-32-29-27(19-40(33(29)42)18-24-9-11-25(35)12-10-24)31(26-8-7-13-37-30(26)32)44-34(43)39-16-14-38(15-17-39)20-28(36)41;26-16-5-3-15(4-6-16)12-31-13-18-20(24(31)34)22(33)21-17(2-1-7-28-21)23(18)36-25(35)30-10-8-29(9-11-30)14-19(27)32;/h7-13,21-23H,14-20H2,1-6H3,(H2,36,41);1-7,33H,8-14H2,(H2,27,32);1H4. The summed E-state index contributed by atoms with van der Waals surface area (Å²) in [5.41, 5.74) is 14.8. The Bertz CT molecular complexity index is 3410. The first-order valence-corrected chi connectivity index (χ1v) is 29.6. The van der Waals surface area contributed by atoms with Crippen molar-refractivity contribution in [2.75, 3.05) is 65.4 Å². The molecule has 4 aliphatic rings. The number of carbonyl (C=O) groups is 6. The number of carbonyl (C=O) groups excluding carboxylic acids is 6. The zero-order chi connectivity index (χ0) is 58.7. The number of amides is 6. The molecule has 440 valence electrons. The van der Waals surface area contributed by atoms with E-state index in [2.05, 4.69) is 46.5 Å². The van der Waals surface area contributed by atoms with Crippen LogP contribution in [-0.4, -0.2) is 154 Å². The number of hydrogen-bond acceptors (Lipinski definition) is 14. The maximum absolute atomic E-state index is 14.4. The van der Waals surface area contributed by atoms with Crippen LogP contribution >= 0.6 is 0 Å². The number of hydrogen-bond donors (Lipinski definition) is 3. The van der Waals surface area contributed by atoms with Gasteiger partial charge in [0.15, 0.2) is 5.75 Å². The van der Waals surface area contributed by atoms with Gasteiger partial charge < -0.3 is 50.1 Å². The number of fused-ring (bicyclic) bond motifs is 4. The first-order valence-electron chi connectivity index (χ1n) is 27.4. The zero-order valence-corrected chi connectivity index (χ0v) is 47.8. The third-order valence-corrected chi connectivity index (χ3v) is 21.8. The highest BCUT2D eigenvalue weighted by molar-refractivity contribution is 6.78. The maximum Gasteiger partial charge on any atom is 0.415 e. The molecule has 0 aliphatic carbocycles. The van der Waals surface area contributed by atoms with Crippen LogP contribution in [-0.2, 0) is 35.8 Å². The van der Waals surface area contributed by atoms with Gasteiger partial charge in [-0.15, -0.1) is 0 Å². The molecule has 5 N–H and O–H groups in total. The molecule has 23 heteroatoms. The van der Waals surface area contributed by atoms with Gasteiger partial charge in [-0.3, -0.25) is 38.9 Å². The Morgan fingerprint density at radius 1 is 0.578 bits per heavy atom. The quantitative estimate of drug-likeness (QED) is 0.0822. The third kappa shape index (κ3) is 12.7. The average Bonchev–Trinajstić information content (AvgIpc) is 3.56. The Morgan fingerprint density at radius 3 is 1.37 bits per heavy atom. The maximum atomic E-state index is 14.4. The first-order chi connectivity index (χ1) is 39.1. The first kappa shape index (κ1) is 60.8. The molecule has 0 atom stereocenters. The van der Waals surface area contributed by atoms with Gasteiger partial charge in [0.05, 0.1) is 37.3 Å². The molecule has 6 amide bonds. The summed E-state index contributed by atoms with van der Waals surface area (Å²) in [4.78, 5) is 95.9. The predicted molar refractivity (Wildman–Crippen MR) is 310 cm³/mol. The number of benzene rings is 4. The molecule has 2 fully saturated rings. The molecular formula is C60H72F2N10O10Si. The van der Waals surface area contributed by atoms with Crippen molar-refractivity contribution in [1.29, 1.82) is 0 Å². The number of aromatic hydroxyl groups is 1. The second kappa shape index (κ2) is 25.5. The van der Waals surface area contributed by atoms with Gasteiger partial charge in [-0.2, -0.15) is 0 Å². The van der Waals surface area contributed by atoms with E-state index in [4.69, 9.17) is 30.4 Å². The number of halogens is 2. The van der Waals surface area contributed by atoms with Crippen molar-refractivity contribution in [2.45, 2.75) is 91.8 Å². The fourth-order valence-corrected chi connectivity index (χ4v) is 17.1. The molecular weight excluding hydrogens is 1090 g/mol. The van der Waals surface area contributed by atoms with Gasteiger partial charge >= 0.3 is 12.2 Å². The number of aromatic nitrogens is 2. The van der Waals surface area contributed by atoms with Gasteiger partial charge in [-0.05, 0) is 76.3 Å². The monoisotopic (exact) mass is 1160 g/mol. The molecule has 0 radical (unpaired) electrons. The van der Waals surface area contributed by atoms with Crippen LogP contribution in [0.4, 0.5) is 18.4 Å². The number of piperazine rings is 2. The largest absolute Gasteiger partial charge is 0.541 e. The lowest BCUT2D eigenvalue weighted by atomic mass is 10.0. The van der Waals surface area contributed by atoms with Crippen molar-refractivity contribution in [3.8, 4) is 23.0 Å². The van der Waals surface area contributed by atoms with Crippen molar-refractivity contribution < 1.29 is 56.6 Å². The highest BCUT2D eigenvalue weighted by Crippen LogP contribution is 2.50. The Labute approximate surface area is 482 Å². The van der Waals surface area contributed by atoms with Crippen LogP contribution in [0.3, 0.4) is 0 Å². The Hall–Kier alpha value is -8.28. The predicted octanol–water partition coefficient (Wildman–Crippen LogP) is 8.16. The highest BCUT2D eigenvalue weighted by atomic mass is 28.4. The lowest BCUT2D eigenvalue weighted by Gasteiger charge is -2.42. The second-order valence-electron chi connectivity index (χ2n) is 22.0. The summed E-state index contributed by atoms with van der Waals surface area (Å²) >= 11 is 0. The summed E-state index contributed by atoms with van der Waals surface area (Å²) in [5, 5.41) is 11.9. The van der Waals surface area contributed by atoms with Crippen LogP contribution in [0.15, 0.2) is 85.2 Å². The highest BCUT2D eigenvalue weighted by Gasteiger charge is 2.49. The van der Waals surface area contributed by atoms with Crippen molar-refractivity contribution in [1.82, 2.24) is 39.4 Å². The number of nitrogens with zero attached hydrogens (tertiary/aromatic N) is 8. The molecule has 2 saturated heterocycles. The molecule has 6 aromatic rings. The SMILES string of the molecule is C.CC(C)[Si](Oc1c2c(c(OC(=O)N3CCN(CC(N)=O)CC3)c3cccnc13)CN(Cc1ccc(F)cc1)C2=O)(C(C)C)C(C)C.NC(=O)CN1CCN(C(=O)Oc2c3c(c(O)c4ncccc24)C(=O)N(Cc2ccc(F)cc2)C3)CC1. The van der Waals surface area contributed by atoms with Gasteiger partial charge in [0, 0.05) is 99.7 Å². The van der Waals surface area contributed by atoms with Crippen LogP contribution in [0.2, 0.25) is 16.6 Å². The number of ether oxygens (including phenoxy) is 2. The van der Waals surface area contributed by atoms with Crippen LogP contribution in [0.1, 0.15) is 91.9 Å². The van der Waals surface area contributed by atoms with Gasteiger partial charge in [-0.1, -0.05) is 73.2 Å². The molecule has 20 nitrogen and oxygen atoms in total. The fraction of sp³-hybridized carbons (Fsp3) is 0.400. The number of nitrogens with two attached hydrogens (primary N) is 2. The van der Waals surface area contributed by atoms with E-state index in [9.17, 15) is 42.7 Å². The molecule has 0 saturated carbocycles. The molecule has 4 aromatic carbocycles. The van der Waals surface area contributed by atoms with E-state index in [0.717, 1.165) is 5.56 Å². The molecule has 6 heterocycles. The Kier molecular flexibility index (Phi) is 18.7. The fourth-order valence-electron chi connectivity index (χ4n) is 11.9. The van der Waals surface area contributed by atoms with Crippen molar-refractivity contribution in [3.63, 3.8) is 0 Å². The van der Waals surface area contributed by atoms with Crippen molar-refractivity contribution >= 4 is 65.9 Å². The molecule has 4 aliphatic heterocycles. The minimum absolute atomic E-state index is 0. The summed E-state index contributed by atoms with van der Waals surface area (Å²) in [5.74, 6) is -1.63. The number of phenolic OH excluding ortho intramolecular Hbond substituents is 1. The number of phenols is 1. The molecule has 0 spiro atoms. The van der Waals surface area contributed by atoms with Gasteiger partial charge in [0.2, 0.25) is 11.8 Å². The van der Waals surface area contributed by atoms with Crippen LogP contribution in [0.5, 0.6) is 23.0 Å². The van der Waals surface area contributed by atoms with Crippen molar-refractivity contribution in [3.05, 3.63) is 130 Å². The lowest BCUT2D eigenvalue weighted by molar-refractivity contribution is -0.120. The van der Waals surface area contributed by atoms with Crippen molar-refractivity contribution in [2.24, 2.45) is 11.5 Å². The summed E-state index contributed by atoms with van der Waals surface area (Å²) in [6, 6.07) is 18.8. The van der Waals surface area contributed by atoms with Crippen LogP contribution in [0.25, 0.3) is 21.8 Å². The van der Waals surface area contributed by atoms with E-state index in [1.165, 1.54) is 40.3 Å². The van der Waals surface area contributed by atoms with Gasteiger partial charge in [-0.25, -0.2) is 18.4 Å². The number of rotatable bonds is 15. The second-order valence-corrected chi connectivity index (χ2v) is 27.4. The van der Waals surface area contributed by atoms with Gasteiger partial charge in [0.1, 0.15) is 39.9 Å². The van der Waals surface area contributed by atoms with E-state index in [1.54, 1.807) is 58.5 Å². The van der Waals surface area contributed by atoms with Gasteiger partial charge in [0.25, 0.3) is 20.1 Å². The van der Waals surface area contributed by atoms with E-state index in [0.29, 0.717) is 96.7 Å². The van der Waals surface area contributed by atoms with E-state index in [-0.39, 0.29) is 109 Å². The molecule has 0 bridgehead atoms. The third-order valence-electron chi connectivity index (χ3n) is 15.8. The molecule has 10 rings (SSSR count). The molecule has 0 unspecified atom stereocenters. The molecule has 83 heavy (non-hydrogen) atoms. The van der Waals surface area contributed by atoms with Crippen LogP contribution < -0.4 is 25.4 Å². The number of pyridine rings is 2.